The molecule has 4 N–H and O–H groups in total. The maximum Gasteiger partial charge on any atom is 0.237 e. The van der Waals surface area contributed by atoms with Crippen molar-refractivity contribution in [2.45, 2.75) is 62.0 Å². The Labute approximate surface area is 96.3 Å². The number of thioether (sulfide) groups is 1. The lowest BCUT2D eigenvalue weighted by Gasteiger charge is -2.25. The summed E-state index contributed by atoms with van der Waals surface area (Å²) in [6.07, 6.45) is 5.99. The zero-order valence-electron chi connectivity index (χ0n) is 9.66. The minimum atomic E-state index is -0.856. The molecule has 1 rings (SSSR count). The molecule has 0 aromatic carbocycles. The number of primary amides is 1. The van der Waals surface area contributed by atoms with E-state index in [-0.39, 0.29) is 0 Å². The predicted molar refractivity (Wildman–Crippen MR) is 65.7 cm³/mol. The second-order valence-electron chi connectivity index (χ2n) is 4.84. The maximum atomic E-state index is 11.1. The van der Waals surface area contributed by atoms with E-state index >= 15 is 0 Å². The number of rotatable bonds is 5. The van der Waals surface area contributed by atoms with Gasteiger partial charge in [0.15, 0.2) is 0 Å². The van der Waals surface area contributed by atoms with Crippen molar-refractivity contribution in [2.75, 3.05) is 0 Å². The Kier molecular flexibility index (Phi) is 4.46. The second kappa shape index (κ2) is 5.21. The van der Waals surface area contributed by atoms with Gasteiger partial charge in [-0.15, -0.1) is 0 Å². The largest absolute Gasteiger partial charge is 0.368 e. The molecule has 2 atom stereocenters. The number of carbonyl (C=O) groups is 1. The topological polar surface area (TPSA) is 69.1 Å². The summed E-state index contributed by atoms with van der Waals surface area (Å²) in [5, 5.41) is 1.18. The summed E-state index contributed by atoms with van der Waals surface area (Å²) in [7, 11) is 0. The minimum Gasteiger partial charge on any atom is -0.368 e. The standard InChI is InChI=1S/C11H22N2OS/c1-8(7-11(2,13)10(12)14)15-9-5-3-4-6-9/h8-9H,3-7,13H2,1-2H3,(H2,12,14). The zero-order chi connectivity index (χ0) is 11.5. The molecule has 1 aliphatic rings. The van der Waals surface area contributed by atoms with Crippen LogP contribution in [0.3, 0.4) is 0 Å². The van der Waals surface area contributed by atoms with Gasteiger partial charge in [0, 0.05) is 10.5 Å². The highest BCUT2D eigenvalue weighted by molar-refractivity contribution is 8.00. The summed E-state index contributed by atoms with van der Waals surface area (Å²) in [4.78, 5) is 11.1. The van der Waals surface area contributed by atoms with Crippen molar-refractivity contribution >= 4 is 17.7 Å². The molecule has 88 valence electrons. The van der Waals surface area contributed by atoms with Gasteiger partial charge in [0.1, 0.15) is 0 Å². The van der Waals surface area contributed by atoms with Crippen LogP contribution in [-0.2, 0) is 4.79 Å². The molecule has 2 unspecified atom stereocenters. The molecule has 0 saturated heterocycles. The summed E-state index contributed by atoms with van der Waals surface area (Å²) >= 11 is 1.96. The van der Waals surface area contributed by atoms with E-state index in [0.29, 0.717) is 11.7 Å². The molecular formula is C11H22N2OS. The van der Waals surface area contributed by atoms with Crippen LogP contribution in [0.2, 0.25) is 0 Å². The third-order valence-corrected chi connectivity index (χ3v) is 4.49. The van der Waals surface area contributed by atoms with Gasteiger partial charge in [-0.1, -0.05) is 19.8 Å². The summed E-state index contributed by atoms with van der Waals surface area (Å²) in [5.74, 6) is -0.402. The Hall–Kier alpha value is -0.220. The highest BCUT2D eigenvalue weighted by atomic mass is 32.2. The van der Waals surface area contributed by atoms with Crippen LogP contribution in [0, 0.1) is 0 Å². The molecule has 1 aliphatic carbocycles. The lowest BCUT2D eigenvalue weighted by molar-refractivity contribution is -0.122. The molecular weight excluding hydrogens is 208 g/mol. The number of carbonyl (C=O) groups excluding carboxylic acids is 1. The molecule has 0 aromatic rings. The fourth-order valence-corrected chi connectivity index (χ4v) is 3.80. The smallest absolute Gasteiger partial charge is 0.237 e. The molecule has 0 bridgehead atoms. The van der Waals surface area contributed by atoms with Gasteiger partial charge in [-0.3, -0.25) is 4.79 Å². The molecule has 0 aromatic heterocycles. The van der Waals surface area contributed by atoms with Crippen molar-refractivity contribution in [2.24, 2.45) is 11.5 Å². The molecule has 0 heterocycles. The van der Waals surface area contributed by atoms with Crippen molar-refractivity contribution in [1.82, 2.24) is 0 Å². The molecule has 15 heavy (non-hydrogen) atoms. The molecule has 0 radical (unpaired) electrons. The quantitative estimate of drug-likeness (QED) is 0.754. The lowest BCUT2D eigenvalue weighted by atomic mass is 9.97. The summed E-state index contributed by atoms with van der Waals surface area (Å²) in [6, 6.07) is 0. The average Bonchev–Trinajstić information content (AvgIpc) is 2.54. The van der Waals surface area contributed by atoms with Gasteiger partial charge in [0.25, 0.3) is 0 Å². The molecule has 1 fully saturated rings. The SMILES string of the molecule is CC(CC(C)(N)C(N)=O)SC1CCCC1. The van der Waals surface area contributed by atoms with E-state index in [0.717, 1.165) is 5.25 Å². The Morgan fingerprint density at radius 2 is 2.07 bits per heavy atom. The fourth-order valence-electron chi connectivity index (χ4n) is 2.10. The molecule has 3 nitrogen and oxygen atoms in total. The van der Waals surface area contributed by atoms with Crippen molar-refractivity contribution < 1.29 is 4.79 Å². The average molecular weight is 230 g/mol. The van der Waals surface area contributed by atoms with Gasteiger partial charge in [-0.05, 0) is 26.2 Å². The minimum absolute atomic E-state index is 0.402. The maximum absolute atomic E-state index is 11.1. The van der Waals surface area contributed by atoms with Gasteiger partial charge >= 0.3 is 0 Å². The van der Waals surface area contributed by atoms with E-state index < -0.39 is 11.4 Å². The van der Waals surface area contributed by atoms with E-state index in [1.807, 2.05) is 11.8 Å². The van der Waals surface area contributed by atoms with Gasteiger partial charge in [-0.2, -0.15) is 11.8 Å². The third kappa shape index (κ3) is 4.03. The molecule has 1 saturated carbocycles. The molecule has 4 heteroatoms. The Balaban J connectivity index is 2.34. The summed E-state index contributed by atoms with van der Waals surface area (Å²) in [6.45, 7) is 3.86. The van der Waals surface area contributed by atoms with Gasteiger partial charge in [0.05, 0.1) is 5.54 Å². The first-order chi connectivity index (χ1) is 6.92. The first-order valence-corrected chi connectivity index (χ1v) is 6.60. The third-order valence-electron chi connectivity index (χ3n) is 3.00. The highest BCUT2D eigenvalue weighted by Crippen LogP contribution is 2.34. The fraction of sp³-hybridized carbons (Fsp3) is 0.909. The number of amides is 1. The van der Waals surface area contributed by atoms with Gasteiger partial charge in [0.2, 0.25) is 5.91 Å². The number of hydrogen-bond donors (Lipinski definition) is 2. The molecule has 0 aliphatic heterocycles. The van der Waals surface area contributed by atoms with Crippen LogP contribution >= 0.6 is 11.8 Å². The first kappa shape index (κ1) is 12.8. The van der Waals surface area contributed by atoms with Crippen molar-refractivity contribution in [1.29, 1.82) is 0 Å². The predicted octanol–water partition coefficient (Wildman–Crippen LogP) is 1.64. The number of nitrogens with two attached hydrogens (primary N) is 2. The Morgan fingerprint density at radius 3 is 2.53 bits per heavy atom. The van der Waals surface area contributed by atoms with E-state index in [1.54, 1.807) is 6.92 Å². The Bertz CT molecular complexity index is 225. The summed E-state index contributed by atoms with van der Waals surface area (Å²) < 4.78 is 0. The van der Waals surface area contributed by atoms with Crippen LogP contribution in [0.4, 0.5) is 0 Å². The normalized spacial score (nSPS) is 23.7. The van der Waals surface area contributed by atoms with Crippen LogP contribution in [0.15, 0.2) is 0 Å². The van der Waals surface area contributed by atoms with Gasteiger partial charge < -0.3 is 11.5 Å². The van der Waals surface area contributed by atoms with E-state index in [1.165, 1.54) is 25.7 Å². The molecule has 1 amide bonds. The molecule has 0 spiro atoms. The lowest BCUT2D eigenvalue weighted by Crippen LogP contribution is -2.50. The van der Waals surface area contributed by atoms with Crippen molar-refractivity contribution in [3.8, 4) is 0 Å². The summed E-state index contributed by atoms with van der Waals surface area (Å²) in [5.41, 5.74) is 10.2. The van der Waals surface area contributed by atoms with E-state index in [9.17, 15) is 4.79 Å². The van der Waals surface area contributed by atoms with Crippen LogP contribution in [0.25, 0.3) is 0 Å². The van der Waals surface area contributed by atoms with Gasteiger partial charge in [-0.25, -0.2) is 0 Å². The van der Waals surface area contributed by atoms with Crippen LogP contribution < -0.4 is 11.5 Å². The Morgan fingerprint density at radius 1 is 1.53 bits per heavy atom. The number of hydrogen-bond acceptors (Lipinski definition) is 3. The zero-order valence-corrected chi connectivity index (χ0v) is 10.5. The van der Waals surface area contributed by atoms with E-state index in [2.05, 4.69) is 6.92 Å². The van der Waals surface area contributed by atoms with Crippen LogP contribution in [-0.4, -0.2) is 21.9 Å². The van der Waals surface area contributed by atoms with Crippen molar-refractivity contribution in [3.05, 3.63) is 0 Å². The van der Waals surface area contributed by atoms with Crippen molar-refractivity contribution in [3.63, 3.8) is 0 Å². The first-order valence-electron chi connectivity index (χ1n) is 5.66. The highest BCUT2D eigenvalue weighted by Gasteiger charge is 2.29. The van der Waals surface area contributed by atoms with Crippen LogP contribution in [0.5, 0.6) is 0 Å². The monoisotopic (exact) mass is 230 g/mol. The second-order valence-corrected chi connectivity index (χ2v) is 6.58. The van der Waals surface area contributed by atoms with Crippen LogP contribution in [0.1, 0.15) is 46.0 Å². The van der Waals surface area contributed by atoms with E-state index in [4.69, 9.17) is 11.5 Å².